The molecule has 0 aromatic rings. The maximum Gasteiger partial charge on any atom is 0.472 e. The van der Waals surface area contributed by atoms with Gasteiger partial charge in [-0.1, -0.05) is 221 Å². The molecule has 0 saturated heterocycles. The van der Waals surface area contributed by atoms with Crippen molar-refractivity contribution in [2.45, 2.75) is 291 Å². The van der Waals surface area contributed by atoms with Gasteiger partial charge in [-0.25, -0.2) is 9.13 Å². The summed E-state index contributed by atoms with van der Waals surface area (Å²) in [6.07, 6.45) is 31.0. The zero-order chi connectivity index (χ0) is 55.7. The van der Waals surface area contributed by atoms with Crippen LogP contribution in [0.3, 0.4) is 0 Å². The number of aliphatic hydroxyl groups is 1. The van der Waals surface area contributed by atoms with Crippen molar-refractivity contribution in [1.29, 1.82) is 0 Å². The number of hydrogen-bond donors (Lipinski definition) is 3. The van der Waals surface area contributed by atoms with Crippen molar-refractivity contribution < 1.29 is 80.2 Å². The molecule has 17 nitrogen and oxygen atoms in total. The van der Waals surface area contributed by atoms with E-state index in [0.29, 0.717) is 25.7 Å². The Bertz CT molecular complexity index is 1490. The zero-order valence-electron chi connectivity index (χ0n) is 47.7. The largest absolute Gasteiger partial charge is 0.472 e. The molecule has 3 N–H and O–H groups in total. The molecule has 19 heteroatoms. The van der Waals surface area contributed by atoms with Gasteiger partial charge in [-0.3, -0.25) is 37.3 Å². The molecule has 0 fully saturated rings. The summed E-state index contributed by atoms with van der Waals surface area (Å²) >= 11 is 0. The average molecular weight is 1120 g/mol. The van der Waals surface area contributed by atoms with Crippen molar-refractivity contribution in [1.82, 2.24) is 0 Å². The lowest BCUT2D eigenvalue weighted by Crippen LogP contribution is -2.30. The molecule has 75 heavy (non-hydrogen) atoms. The van der Waals surface area contributed by atoms with E-state index >= 15 is 0 Å². The second-order valence-corrected chi connectivity index (χ2v) is 23.5. The van der Waals surface area contributed by atoms with Gasteiger partial charge in [-0.2, -0.15) is 0 Å². The van der Waals surface area contributed by atoms with Crippen molar-refractivity contribution in [3.05, 3.63) is 0 Å². The van der Waals surface area contributed by atoms with Gasteiger partial charge in [0.15, 0.2) is 12.2 Å². The van der Waals surface area contributed by atoms with Gasteiger partial charge in [0.1, 0.15) is 19.3 Å². The molecule has 0 aliphatic carbocycles. The molecule has 3 unspecified atom stereocenters. The van der Waals surface area contributed by atoms with E-state index in [9.17, 15) is 43.2 Å². The van der Waals surface area contributed by atoms with Gasteiger partial charge in [-0.05, 0) is 31.6 Å². The first-order valence-corrected chi connectivity index (χ1v) is 32.7. The number of hydrogen-bond acceptors (Lipinski definition) is 15. The molecular formula is C56H108O17P2. The molecule has 0 saturated carbocycles. The fourth-order valence-electron chi connectivity index (χ4n) is 8.14. The summed E-state index contributed by atoms with van der Waals surface area (Å²) in [5.41, 5.74) is 0. The van der Waals surface area contributed by atoms with E-state index in [1.54, 1.807) is 0 Å². The number of carbonyl (C=O) groups excluding carboxylic acids is 4. The summed E-state index contributed by atoms with van der Waals surface area (Å²) in [6.45, 7) is 6.98. The Labute approximate surface area is 454 Å². The molecule has 0 heterocycles. The summed E-state index contributed by atoms with van der Waals surface area (Å²) in [5, 5.41) is 10.5. The average Bonchev–Trinajstić information content (AvgIpc) is 3.38. The molecule has 0 aromatic heterocycles. The first-order chi connectivity index (χ1) is 36.1. The normalized spacial score (nSPS) is 14.8. The highest BCUT2D eigenvalue weighted by molar-refractivity contribution is 7.47. The van der Waals surface area contributed by atoms with Crippen LogP contribution in [0.5, 0.6) is 0 Å². The van der Waals surface area contributed by atoms with Crippen LogP contribution in [0.25, 0.3) is 0 Å². The minimum absolute atomic E-state index is 0.105. The number of unbranched alkanes of at least 4 members (excludes halogenated alkanes) is 27. The Hall–Kier alpha value is -1.94. The number of ether oxygens (including phenoxy) is 4. The summed E-state index contributed by atoms with van der Waals surface area (Å²) in [4.78, 5) is 71.5. The number of phosphoric ester groups is 2. The van der Waals surface area contributed by atoms with Gasteiger partial charge in [0, 0.05) is 25.7 Å². The molecule has 6 atom stereocenters. The van der Waals surface area contributed by atoms with E-state index in [-0.39, 0.29) is 25.7 Å². The monoisotopic (exact) mass is 1110 g/mol. The third-order valence-electron chi connectivity index (χ3n) is 13.1. The SMILES string of the molecule is CCCCCCCCCCCCCC(=O)O[C@H](COC(=O)CCCCCCCCC(C)CC)COP(=O)(O)OC[C@@H](O)COP(=O)(O)OC[C@@H](COC(=O)CCCCCCC)OC(=O)CCCCCCCCCCC. The van der Waals surface area contributed by atoms with Crippen molar-refractivity contribution in [2.24, 2.45) is 5.92 Å². The maximum atomic E-state index is 12.9. The highest BCUT2D eigenvalue weighted by Gasteiger charge is 2.30. The van der Waals surface area contributed by atoms with Crippen LogP contribution in [0, 0.1) is 5.92 Å². The standard InChI is InChI=1S/C56H108O17P2/c1-6-10-13-16-18-20-21-23-25-32-37-42-56(61)73-52(46-67-54(59)40-35-30-27-26-29-33-38-49(5)9-4)48-71-75(64,65)69-44-50(57)43-68-74(62,63)70-47-51(45-66-53(58)39-34-28-15-12-8-3)72-55(60)41-36-31-24-22-19-17-14-11-7-2/h49-52,57H,6-48H2,1-5H3,(H,62,63)(H,64,65)/t49?,50-,51+,52+/m0/s1. The minimum Gasteiger partial charge on any atom is -0.462 e. The van der Waals surface area contributed by atoms with Gasteiger partial charge in [0.2, 0.25) is 0 Å². The Balaban J connectivity index is 5.19. The van der Waals surface area contributed by atoms with Crippen LogP contribution in [-0.2, 0) is 65.4 Å². The first kappa shape index (κ1) is 73.1. The third-order valence-corrected chi connectivity index (χ3v) is 15.0. The number of phosphoric acid groups is 2. The highest BCUT2D eigenvalue weighted by Crippen LogP contribution is 2.45. The molecule has 444 valence electrons. The lowest BCUT2D eigenvalue weighted by Gasteiger charge is -2.21. The van der Waals surface area contributed by atoms with Crippen LogP contribution in [-0.4, -0.2) is 96.7 Å². The third kappa shape index (κ3) is 50.1. The molecule has 0 bridgehead atoms. The topological polar surface area (TPSA) is 237 Å². The van der Waals surface area contributed by atoms with E-state index in [2.05, 4.69) is 34.6 Å². The van der Waals surface area contributed by atoms with Crippen LogP contribution in [0.4, 0.5) is 0 Å². The molecule has 0 aliphatic rings. The number of rotatable bonds is 56. The molecule has 0 amide bonds. The minimum atomic E-state index is -4.93. The fourth-order valence-corrected chi connectivity index (χ4v) is 9.71. The van der Waals surface area contributed by atoms with E-state index in [1.165, 1.54) is 83.5 Å². The lowest BCUT2D eigenvalue weighted by molar-refractivity contribution is -0.161. The summed E-state index contributed by atoms with van der Waals surface area (Å²) in [7, 11) is -9.86. The Kier molecular flexibility index (Phi) is 49.0. The molecule has 0 rings (SSSR count). The predicted molar refractivity (Wildman–Crippen MR) is 294 cm³/mol. The smallest absolute Gasteiger partial charge is 0.462 e. The zero-order valence-corrected chi connectivity index (χ0v) is 49.5. The van der Waals surface area contributed by atoms with Crippen LogP contribution in [0.15, 0.2) is 0 Å². The fraction of sp³-hybridized carbons (Fsp3) is 0.929. The quantitative estimate of drug-likeness (QED) is 0.0222. The van der Waals surface area contributed by atoms with Crippen LogP contribution < -0.4 is 0 Å². The van der Waals surface area contributed by atoms with Crippen molar-refractivity contribution in [2.75, 3.05) is 39.6 Å². The molecule has 0 aliphatic heterocycles. The second kappa shape index (κ2) is 50.3. The van der Waals surface area contributed by atoms with Crippen LogP contribution in [0.2, 0.25) is 0 Å². The van der Waals surface area contributed by atoms with E-state index in [4.69, 9.17) is 37.0 Å². The first-order valence-electron chi connectivity index (χ1n) is 29.7. The summed E-state index contributed by atoms with van der Waals surface area (Å²) in [6, 6.07) is 0. The van der Waals surface area contributed by atoms with E-state index < -0.39 is 97.5 Å². The van der Waals surface area contributed by atoms with Crippen molar-refractivity contribution in [3.63, 3.8) is 0 Å². The van der Waals surface area contributed by atoms with Gasteiger partial charge in [-0.15, -0.1) is 0 Å². The van der Waals surface area contributed by atoms with Crippen molar-refractivity contribution in [3.8, 4) is 0 Å². The van der Waals surface area contributed by atoms with Gasteiger partial charge < -0.3 is 33.8 Å². The highest BCUT2D eigenvalue weighted by atomic mass is 31.2. The Morgan fingerprint density at radius 3 is 0.947 bits per heavy atom. The number of carbonyl (C=O) groups is 4. The molecule has 0 radical (unpaired) electrons. The van der Waals surface area contributed by atoms with Gasteiger partial charge in [0.05, 0.1) is 26.4 Å². The second-order valence-electron chi connectivity index (χ2n) is 20.6. The van der Waals surface area contributed by atoms with Crippen LogP contribution in [0.1, 0.15) is 272 Å². The molecule has 0 spiro atoms. The Morgan fingerprint density at radius 1 is 0.373 bits per heavy atom. The number of aliphatic hydroxyl groups excluding tert-OH is 1. The van der Waals surface area contributed by atoms with E-state index in [0.717, 1.165) is 109 Å². The molecule has 0 aromatic carbocycles. The number of esters is 4. The Morgan fingerprint density at radius 2 is 0.640 bits per heavy atom. The summed E-state index contributed by atoms with van der Waals surface area (Å²) < 4.78 is 67.4. The predicted octanol–water partition coefficient (Wildman–Crippen LogP) is 14.7. The summed E-state index contributed by atoms with van der Waals surface area (Å²) in [5.74, 6) is -1.43. The van der Waals surface area contributed by atoms with E-state index in [1.807, 2.05) is 0 Å². The van der Waals surface area contributed by atoms with Crippen LogP contribution >= 0.6 is 15.6 Å². The molecular weight excluding hydrogens is 1010 g/mol. The van der Waals surface area contributed by atoms with Gasteiger partial charge in [0.25, 0.3) is 0 Å². The maximum absolute atomic E-state index is 12.9. The lowest BCUT2D eigenvalue weighted by atomic mass is 10.00. The van der Waals surface area contributed by atoms with Gasteiger partial charge >= 0.3 is 39.5 Å². The van der Waals surface area contributed by atoms with Crippen molar-refractivity contribution >= 4 is 39.5 Å².